The van der Waals surface area contributed by atoms with Gasteiger partial charge in [-0.3, -0.25) is 4.90 Å². The van der Waals surface area contributed by atoms with Gasteiger partial charge in [0.05, 0.1) is 7.11 Å². The minimum Gasteiger partial charge on any atom is -0.494 e. The fourth-order valence-corrected chi connectivity index (χ4v) is 3.55. The monoisotopic (exact) mass is 363 g/mol. The van der Waals surface area contributed by atoms with E-state index in [1.807, 2.05) is 35.2 Å². The van der Waals surface area contributed by atoms with Crippen LogP contribution in [0.2, 0.25) is 0 Å². The quantitative estimate of drug-likeness (QED) is 0.722. The first-order chi connectivity index (χ1) is 12.5. The molecular formula is C21H24F3NO. The van der Waals surface area contributed by atoms with Gasteiger partial charge in [-0.05, 0) is 36.1 Å². The maximum absolute atomic E-state index is 14.3. The highest BCUT2D eigenvalue weighted by atomic mass is 19.3. The molecule has 140 valence electrons. The number of aryl methyl sites for hydroxylation is 1. The number of benzene rings is 2. The summed E-state index contributed by atoms with van der Waals surface area (Å²) in [5, 5.41) is 0. The molecule has 1 atom stereocenters. The third-order valence-corrected chi connectivity index (χ3v) is 5.08. The first kappa shape index (κ1) is 18.8. The molecule has 1 fully saturated rings. The van der Waals surface area contributed by atoms with Crippen molar-refractivity contribution < 1.29 is 17.9 Å². The zero-order valence-corrected chi connectivity index (χ0v) is 14.9. The molecule has 2 nitrogen and oxygen atoms in total. The van der Waals surface area contributed by atoms with E-state index in [0.717, 1.165) is 11.1 Å². The summed E-state index contributed by atoms with van der Waals surface area (Å²) in [6.07, 6.45) is 0.946. The molecule has 1 saturated heterocycles. The summed E-state index contributed by atoms with van der Waals surface area (Å²) in [5.74, 6) is -3.55. The number of likely N-dealkylation sites (tertiary alicyclic amines) is 1. The van der Waals surface area contributed by atoms with Crippen LogP contribution in [0.1, 0.15) is 24.0 Å². The smallest absolute Gasteiger partial charge is 0.253 e. The van der Waals surface area contributed by atoms with Gasteiger partial charge in [-0.15, -0.1) is 0 Å². The van der Waals surface area contributed by atoms with E-state index in [-0.39, 0.29) is 12.2 Å². The number of halogens is 3. The number of rotatable bonds is 6. The molecule has 0 bridgehead atoms. The molecule has 0 spiro atoms. The maximum Gasteiger partial charge on any atom is 0.253 e. The van der Waals surface area contributed by atoms with Crippen LogP contribution in [0.5, 0.6) is 5.75 Å². The van der Waals surface area contributed by atoms with Crippen LogP contribution in [0, 0.1) is 11.7 Å². The fourth-order valence-electron chi connectivity index (χ4n) is 3.55. The SMILES string of the molecule is COc1ccc(CN2CCC(F)(F)C(CCc3ccccc3)C2)cc1F. The van der Waals surface area contributed by atoms with Crippen LogP contribution in [0.25, 0.3) is 0 Å². The standard InChI is InChI=1S/C21H24F3NO/c1-26-20-10-8-17(13-19(20)22)14-25-12-11-21(23,24)18(15-25)9-7-16-5-3-2-4-6-16/h2-6,8,10,13,18H,7,9,11-12,14-15H2,1H3. The molecule has 0 radical (unpaired) electrons. The Kier molecular flexibility index (Phi) is 5.87. The molecule has 2 aromatic carbocycles. The van der Waals surface area contributed by atoms with Gasteiger partial charge in [0.1, 0.15) is 0 Å². The molecule has 0 N–H and O–H groups in total. The van der Waals surface area contributed by atoms with Crippen molar-refractivity contribution >= 4 is 0 Å². The Morgan fingerprint density at radius 2 is 1.88 bits per heavy atom. The van der Waals surface area contributed by atoms with Crippen LogP contribution in [-0.2, 0) is 13.0 Å². The second-order valence-electron chi connectivity index (χ2n) is 6.94. The van der Waals surface area contributed by atoms with Crippen LogP contribution in [-0.4, -0.2) is 31.0 Å². The summed E-state index contributed by atoms with van der Waals surface area (Å²) in [7, 11) is 1.42. The van der Waals surface area contributed by atoms with Crippen LogP contribution < -0.4 is 4.74 Å². The van der Waals surface area contributed by atoms with Crippen LogP contribution in [0.15, 0.2) is 48.5 Å². The normalized spacial score (nSPS) is 20.1. The minimum atomic E-state index is -2.64. The lowest BCUT2D eigenvalue weighted by molar-refractivity contribution is -0.109. The number of hydrogen-bond donors (Lipinski definition) is 0. The topological polar surface area (TPSA) is 12.5 Å². The summed E-state index contributed by atoms with van der Waals surface area (Å²) in [6.45, 7) is 1.12. The predicted molar refractivity (Wildman–Crippen MR) is 96.0 cm³/mol. The van der Waals surface area contributed by atoms with Crippen molar-refractivity contribution in [1.29, 1.82) is 0 Å². The Labute approximate surface area is 152 Å². The van der Waals surface area contributed by atoms with Crippen molar-refractivity contribution in [2.24, 2.45) is 5.92 Å². The van der Waals surface area contributed by atoms with Crippen molar-refractivity contribution in [3.63, 3.8) is 0 Å². The molecule has 0 aliphatic carbocycles. The Morgan fingerprint density at radius 3 is 2.58 bits per heavy atom. The Hall–Kier alpha value is -2.01. The molecular weight excluding hydrogens is 339 g/mol. The summed E-state index contributed by atoms with van der Waals surface area (Å²) in [6, 6.07) is 14.5. The van der Waals surface area contributed by atoms with Crippen molar-refractivity contribution in [3.8, 4) is 5.75 Å². The van der Waals surface area contributed by atoms with E-state index >= 15 is 0 Å². The zero-order chi connectivity index (χ0) is 18.6. The zero-order valence-electron chi connectivity index (χ0n) is 14.9. The molecule has 1 unspecified atom stereocenters. The highest BCUT2D eigenvalue weighted by molar-refractivity contribution is 5.29. The van der Waals surface area contributed by atoms with Crippen molar-refractivity contribution in [2.45, 2.75) is 31.7 Å². The average Bonchev–Trinajstić information content (AvgIpc) is 2.63. The third-order valence-electron chi connectivity index (χ3n) is 5.08. The molecule has 2 aromatic rings. The Bertz CT molecular complexity index is 720. The number of alkyl halides is 2. The molecule has 1 heterocycles. The van der Waals surface area contributed by atoms with Crippen LogP contribution in [0.3, 0.4) is 0 Å². The van der Waals surface area contributed by atoms with E-state index < -0.39 is 17.7 Å². The van der Waals surface area contributed by atoms with E-state index in [2.05, 4.69) is 0 Å². The summed E-state index contributed by atoms with van der Waals surface area (Å²) < 4.78 is 47.5. The highest BCUT2D eigenvalue weighted by Gasteiger charge is 2.43. The third kappa shape index (κ3) is 4.58. The van der Waals surface area contributed by atoms with E-state index in [0.29, 0.717) is 32.5 Å². The molecule has 3 rings (SSSR count). The highest BCUT2D eigenvalue weighted by Crippen LogP contribution is 2.36. The van der Waals surface area contributed by atoms with Gasteiger partial charge in [0.25, 0.3) is 5.92 Å². The van der Waals surface area contributed by atoms with Gasteiger partial charge < -0.3 is 4.74 Å². The number of piperidine rings is 1. The first-order valence-corrected chi connectivity index (χ1v) is 8.94. The number of nitrogens with zero attached hydrogens (tertiary/aromatic N) is 1. The van der Waals surface area contributed by atoms with Gasteiger partial charge in [0.2, 0.25) is 0 Å². The minimum absolute atomic E-state index is 0.148. The number of ether oxygens (including phenoxy) is 1. The lowest BCUT2D eigenvalue weighted by Crippen LogP contribution is -2.46. The molecule has 0 saturated carbocycles. The number of hydrogen-bond acceptors (Lipinski definition) is 2. The average molecular weight is 363 g/mol. The lowest BCUT2D eigenvalue weighted by Gasteiger charge is -2.38. The van der Waals surface area contributed by atoms with Gasteiger partial charge in [0, 0.05) is 32.0 Å². The predicted octanol–water partition coefficient (Wildman–Crippen LogP) is 4.92. The van der Waals surface area contributed by atoms with Crippen LogP contribution in [0.4, 0.5) is 13.2 Å². The van der Waals surface area contributed by atoms with Gasteiger partial charge >= 0.3 is 0 Å². The maximum atomic E-state index is 14.3. The number of methoxy groups -OCH3 is 1. The van der Waals surface area contributed by atoms with Crippen LogP contribution >= 0.6 is 0 Å². The van der Waals surface area contributed by atoms with E-state index in [1.165, 1.54) is 13.2 Å². The molecule has 1 aliphatic heterocycles. The largest absolute Gasteiger partial charge is 0.494 e. The fraction of sp³-hybridized carbons (Fsp3) is 0.429. The second-order valence-corrected chi connectivity index (χ2v) is 6.94. The summed E-state index contributed by atoms with van der Waals surface area (Å²) in [4.78, 5) is 1.99. The van der Waals surface area contributed by atoms with E-state index in [9.17, 15) is 13.2 Å². The molecule has 5 heteroatoms. The molecule has 0 amide bonds. The Morgan fingerprint density at radius 1 is 1.12 bits per heavy atom. The molecule has 0 aromatic heterocycles. The lowest BCUT2D eigenvalue weighted by atomic mass is 9.88. The van der Waals surface area contributed by atoms with Gasteiger partial charge in [-0.2, -0.15) is 0 Å². The summed E-state index contributed by atoms with van der Waals surface area (Å²) >= 11 is 0. The van der Waals surface area contributed by atoms with Crippen molar-refractivity contribution in [3.05, 3.63) is 65.5 Å². The van der Waals surface area contributed by atoms with Gasteiger partial charge in [-0.25, -0.2) is 13.2 Å². The second kappa shape index (κ2) is 8.12. The van der Waals surface area contributed by atoms with Gasteiger partial charge in [-0.1, -0.05) is 36.4 Å². The van der Waals surface area contributed by atoms with Crippen molar-refractivity contribution in [1.82, 2.24) is 4.90 Å². The van der Waals surface area contributed by atoms with Gasteiger partial charge in [0.15, 0.2) is 11.6 Å². The molecule has 1 aliphatic rings. The first-order valence-electron chi connectivity index (χ1n) is 8.94. The Balaban J connectivity index is 1.62. The summed E-state index contributed by atoms with van der Waals surface area (Å²) in [5.41, 5.74) is 1.85. The van der Waals surface area contributed by atoms with E-state index in [1.54, 1.807) is 12.1 Å². The van der Waals surface area contributed by atoms with E-state index in [4.69, 9.17) is 4.74 Å². The van der Waals surface area contributed by atoms with Crippen molar-refractivity contribution in [2.75, 3.05) is 20.2 Å². The molecule has 26 heavy (non-hydrogen) atoms.